The predicted octanol–water partition coefficient (Wildman–Crippen LogP) is 3.89. The molecule has 0 saturated heterocycles. The Bertz CT molecular complexity index is 587. The molecule has 1 aromatic carbocycles. The van der Waals surface area contributed by atoms with Gasteiger partial charge in [-0.05, 0) is 68.9 Å². The van der Waals surface area contributed by atoms with Gasteiger partial charge in [-0.3, -0.25) is 0 Å². The Balaban J connectivity index is 2.18. The number of hydrogen-bond donors (Lipinski definition) is 2. The second kappa shape index (κ2) is 5.66. The van der Waals surface area contributed by atoms with Crippen molar-refractivity contribution >= 4 is 56.0 Å². The zero-order valence-electron chi connectivity index (χ0n) is 9.02. The molecular weight excluding hydrogens is 411 g/mol. The third kappa shape index (κ3) is 3.20. The highest BCUT2D eigenvalue weighted by Gasteiger charge is 2.04. The smallest absolute Gasteiger partial charge is 0.337 e. The lowest BCUT2D eigenvalue weighted by atomic mass is 10.3. The topological polar surface area (TPSA) is 62.2 Å². The monoisotopic (exact) mass is 418 g/mol. The molecule has 0 aliphatic heterocycles. The van der Waals surface area contributed by atoms with Gasteiger partial charge in [0.2, 0.25) is 0 Å². The van der Waals surface area contributed by atoms with Crippen LogP contribution in [0.5, 0.6) is 0 Å². The summed E-state index contributed by atoms with van der Waals surface area (Å²) in [5, 5.41) is 11.9. The maximum Gasteiger partial charge on any atom is 0.337 e. The molecule has 0 bridgehead atoms. The molecule has 18 heavy (non-hydrogen) atoms. The fourth-order valence-corrected chi connectivity index (χ4v) is 2.08. The van der Waals surface area contributed by atoms with Gasteiger partial charge in [0, 0.05) is 19.9 Å². The van der Waals surface area contributed by atoms with Gasteiger partial charge >= 0.3 is 5.97 Å². The van der Waals surface area contributed by atoms with E-state index in [9.17, 15) is 4.79 Å². The van der Waals surface area contributed by atoms with Crippen LogP contribution in [0.1, 0.15) is 10.4 Å². The average Bonchev–Trinajstić information content (AvgIpc) is 2.34. The van der Waals surface area contributed by atoms with E-state index in [1.165, 1.54) is 12.3 Å². The Morgan fingerprint density at radius 3 is 2.67 bits per heavy atom. The van der Waals surface area contributed by atoms with Gasteiger partial charge in [0.1, 0.15) is 5.82 Å². The van der Waals surface area contributed by atoms with Crippen LogP contribution in [0.3, 0.4) is 0 Å². The van der Waals surface area contributed by atoms with E-state index in [-0.39, 0.29) is 5.56 Å². The van der Waals surface area contributed by atoms with E-state index >= 15 is 0 Å². The van der Waals surface area contributed by atoms with Crippen molar-refractivity contribution in [3.05, 3.63) is 50.1 Å². The van der Waals surface area contributed by atoms with Crippen molar-refractivity contribution in [2.24, 2.45) is 0 Å². The van der Waals surface area contributed by atoms with E-state index < -0.39 is 5.97 Å². The van der Waals surface area contributed by atoms with E-state index in [2.05, 4.69) is 48.8 Å². The maximum absolute atomic E-state index is 10.7. The molecule has 0 aliphatic carbocycles. The van der Waals surface area contributed by atoms with Gasteiger partial charge < -0.3 is 10.4 Å². The van der Waals surface area contributed by atoms with Gasteiger partial charge in [-0.25, -0.2) is 9.78 Å². The van der Waals surface area contributed by atoms with Crippen molar-refractivity contribution in [1.29, 1.82) is 0 Å². The third-order valence-corrected chi connectivity index (χ3v) is 4.53. The van der Waals surface area contributed by atoms with Crippen LogP contribution in [-0.2, 0) is 0 Å². The summed E-state index contributed by atoms with van der Waals surface area (Å²) in [5.74, 6) is -0.370. The van der Waals surface area contributed by atoms with E-state index in [0.717, 1.165) is 13.7 Å². The fraction of sp³-hybridized carbons (Fsp3) is 0. The van der Waals surface area contributed by atoms with Crippen LogP contribution < -0.4 is 5.32 Å². The van der Waals surface area contributed by atoms with Crippen molar-refractivity contribution in [1.82, 2.24) is 4.98 Å². The van der Waals surface area contributed by atoms with Crippen molar-refractivity contribution in [3.8, 4) is 0 Å². The predicted molar refractivity (Wildman–Crippen MR) is 81.3 cm³/mol. The lowest BCUT2D eigenvalue weighted by Crippen LogP contribution is -1.99. The molecule has 2 N–H and O–H groups in total. The number of carbonyl (C=O) groups is 1. The first-order chi connectivity index (χ1) is 8.56. The largest absolute Gasteiger partial charge is 0.478 e. The fourth-order valence-electron chi connectivity index (χ4n) is 1.32. The van der Waals surface area contributed by atoms with Crippen LogP contribution in [0.4, 0.5) is 11.5 Å². The first-order valence-corrected chi connectivity index (χ1v) is 6.85. The molecule has 2 rings (SSSR count). The number of halogens is 2. The summed E-state index contributed by atoms with van der Waals surface area (Å²) in [6, 6.07) is 8.98. The molecule has 2 aromatic rings. The molecule has 6 heteroatoms. The number of rotatable bonds is 3. The highest BCUT2D eigenvalue weighted by atomic mass is 127. The Labute approximate surface area is 126 Å². The number of aromatic nitrogens is 1. The maximum atomic E-state index is 10.7. The van der Waals surface area contributed by atoms with Crippen molar-refractivity contribution in [3.63, 3.8) is 0 Å². The van der Waals surface area contributed by atoms with Crippen LogP contribution >= 0.6 is 38.5 Å². The number of benzene rings is 1. The number of nitrogens with zero attached hydrogens (tertiary/aromatic N) is 1. The molecule has 0 spiro atoms. The highest BCUT2D eigenvalue weighted by molar-refractivity contribution is 14.1. The first-order valence-electron chi connectivity index (χ1n) is 4.97. The van der Waals surface area contributed by atoms with Crippen LogP contribution in [-0.4, -0.2) is 16.1 Å². The minimum absolute atomic E-state index is 0.172. The second-order valence-corrected chi connectivity index (χ2v) is 5.51. The Kier molecular flexibility index (Phi) is 4.18. The normalized spacial score (nSPS) is 10.1. The Morgan fingerprint density at radius 1 is 1.33 bits per heavy atom. The lowest BCUT2D eigenvalue weighted by molar-refractivity contribution is 0.0696. The number of anilines is 2. The molecule has 92 valence electrons. The lowest BCUT2D eigenvalue weighted by Gasteiger charge is -2.06. The average molecular weight is 419 g/mol. The van der Waals surface area contributed by atoms with Crippen LogP contribution in [0, 0.1) is 3.57 Å². The van der Waals surface area contributed by atoms with Gasteiger partial charge in [0.15, 0.2) is 0 Å². The Hall–Kier alpha value is -1.15. The SMILES string of the molecule is O=C(O)c1ccc(Nc2ccc(Br)c(I)c2)nc1. The highest BCUT2D eigenvalue weighted by Crippen LogP contribution is 2.24. The zero-order chi connectivity index (χ0) is 13.1. The number of carboxylic acids is 1. The third-order valence-electron chi connectivity index (χ3n) is 2.20. The van der Waals surface area contributed by atoms with Crippen molar-refractivity contribution in [2.45, 2.75) is 0 Å². The van der Waals surface area contributed by atoms with Gasteiger partial charge in [-0.15, -0.1) is 0 Å². The van der Waals surface area contributed by atoms with E-state index in [1.807, 2.05) is 18.2 Å². The van der Waals surface area contributed by atoms with Crippen molar-refractivity contribution in [2.75, 3.05) is 5.32 Å². The second-order valence-electron chi connectivity index (χ2n) is 3.49. The van der Waals surface area contributed by atoms with E-state index in [4.69, 9.17) is 5.11 Å². The van der Waals surface area contributed by atoms with Gasteiger partial charge in [-0.2, -0.15) is 0 Å². The summed E-state index contributed by atoms with van der Waals surface area (Å²) >= 11 is 5.65. The first kappa shape index (κ1) is 13.3. The van der Waals surface area contributed by atoms with Gasteiger partial charge in [0.25, 0.3) is 0 Å². The summed E-state index contributed by atoms with van der Waals surface area (Å²) in [7, 11) is 0. The van der Waals surface area contributed by atoms with Gasteiger partial charge in [-0.1, -0.05) is 0 Å². The molecule has 1 heterocycles. The van der Waals surface area contributed by atoms with Gasteiger partial charge in [0.05, 0.1) is 5.56 Å². The molecule has 0 unspecified atom stereocenters. The molecule has 0 fully saturated rings. The molecule has 0 amide bonds. The number of aromatic carboxylic acids is 1. The minimum Gasteiger partial charge on any atom is -0.478 e. The number of hydrogen-bond acceptors (Lipinski definition) is 3. The quantitative estimate of drug-likeness (QED) is 0.742. The summed E-state index contributed by atoms with van der Waals surface area (Å²) in [5.41, 5.74) is 1.07. The molecular formula is C12H8BrIN2O2. The van der Waals surface area contributed by atoms with Crippen molar-refractivity contribution < 1.29 is 9.90 Å². The van der Waals surface area contributed by atoms with Crippen LogP contribution in [0.2, 0.25) is 0 Å². The van der Waals surface area contributed by atoms with E-state index in [0.29, 0.717) is 5.82 Å². The molecule has 0 saturated carbocycles. The van der Waals surface area contributed by atoms with Crippen LogP contribution in [0.25, 0.3) is 0 Å². The standard InChI is InChI=1S/C12H8BrIN2O2/c13-9-3-2-8(5-10(9)14)16-11-4-1-7(6-15-11)12(17)18/h1-6H,(H,15,16)(H,17,18). The molecule has 0 atom stereocenters. The zero-order valence-corrected chi connectivity index (χ0v) is 12.8. The summed E-state index contributed by atoms with van der Waals surface area (Å²) in [6.07, 6.45) is 1.33. The van der Waals surface area contributed by atoms with E-state index in [1.54, 1.807) is 6.07 Å². The molecule has 1 aromatic heterocycles. The van der Waals surface area contributed by atoms with Crippen LogP contribution in [0.15, 0.2) is 41.0 Å². The molecule has 4 nitrogen and oxygen atoms in total. The molecule has 0 radical (unpaired) electrons. The number of carboxylic acid groups (broad SMARTS) is 1. The summed E-state index contributed by atoms with van der Waals surface area (Å²) in [6.45, 7) is 0. The minimum atomic E-state index is -0.979. The molecule has 0 aliphatic rings. The number of pyridine rings is 1. The number of nitrogens with one attached hydrogen (secondary N) is 1. The Morgan fingerprint density at radius 2 is 2.11 bits per heavy atom. The summed E-state index contributed by atoms with van der Waals surface area (Å²) in [4.78, 5) is 14.7. The summed E-state index contributed by atoms with van der Waals surface area (Å²) < 4.78 is 2.11.